The van der Waals surface area contributed by atoms with Gasteiger partial charge in [-0.3, -0.25) is 4.98 Å². The number of pyridine rings is 1. The third-order valence-corrected chi connectivity index (χ3v) is 2.31. The van der Waals surface area contributed by atoms with Crippen LogP contribution < -0.4 is 11.0 Å². The van der Waals surface area contributed by atoms with E-state index in [9.17, 15) is 18.0 Å². The van der Waals surface area contributed by atoms with Crippen molar-refractivity contribution in [3.8, 4) is 0 Å². The van der Waals surface area contributed by atoms with Crippen LogP contribution in [0, 0.1) is 0 Å². The lowest BCUT2D eigenvalue weighted by Crippen LogP contribution is -2.10. The molecule has 102 valence electrons. The van der Waals surface area contributed by atoms with Crippen molar-refractivity contribution >= 4 is 5.82 Å². The Balaban J connectivity index is 1.94. The average molecular weight is 273 g/mol. The van der Waals surface area contributed by atoms with Crippen molar-refractivity contribution in [2.24, 2.45) is 0 Å². The third kappa shape index (κ3) is 3.57. The lowest BCUT2D eigenvalue weighted by Gasteiger charge is -2.09. The molecule has 0 atom stereocenters. The highest BCUT2D eigenvalue weighted by atomic mass is 19.4. The van der Waals surface area contributed by atoms with E-state index in [4.69, 9.17) is 0 Å². The minimum absolute atomic E-state index is 0.118. The molecule has 2 heterocycles. The molecule has 0 radical (unpaired) electrons. The van der Waals surface area contributed by atoms with Gasteiger partial charge in [-0.25, -0.2) is 14.9 Å². The van der Waals surface area contributed by atoms with Crippen molar-refractivity contribution in [2.45, 2.75) is 12.6 Å². The van der Waals surface area contributed by atoms with Crippen LogP contribution in [0.4, 0.5) is 19.0 Å². The summed E-state index contributed by atoms with van der Waals surface area (Å²) in [5, 5.41) is 8.59. The summed E-state index contributed by atoms with van der Waals surface area (Å²) < 4.78 is 37.3. The number of halogens is 3. The van der Waals surface area contributed by atoms with E-state index in [0.717, 1.165) is 18.3 Å². The molecule has 0 amide bonds. The second-order valence-electron chi connectivity index (χ2n) is 3.73. The first-order valence-electron chi connectivity index (χ1n) is 5.36. The van der Waals surface area contributed by atoms with Gasteiger partial charge in [0.2, 0.25) is 0 Å². The summed E-state index contributed by atoms with van der Waals surface area (Å²) in [6, 6.07) is 1.82. The van der Waals surface area contributed by atoms with Crippen molar-refractivity contribution in [3.63, 3.8) is 0 Å². The molecule has 0 saturated heterocycles. The van der Waals surface area contributed by atoms with E-state index in [1.807, 2.05) is 0 Å². The fraction of sp³-hybridized carbons (Fsp3) is 0.300. The highest BCUT2D eigenvalue weighted by molar-refractivity contribution is 5.38. The van der Waals surface area contributed by atoms with Crippen LogP contribution in [-0.4, -0.2) is 26.7 Å². The number of nitrogens with one attached hydrogen (secondary N) is 3. The van der Waals surface area contributed by atoms with Crippen molar-refractivity contribution in [2.75, 3.05) is 11.9 Å². The zero-order valence-corrected chi connectivity index (χ0v) is 9.58. The number of aromatic nitrogens is 4. The number of rotatable bonds is 4. The topological polar surface area (TPSA) is 86.5 Å². The third-order valence-electron chi connectivity index (χ3n) is 2.31. The molecule has 0 fully saturated rings. The Morgan fingerprint density at radius 1 is 1.37 bits per heavy atom. The van der Waals surface area contributed by atoms with E-state index in [-0.39, 0.29) is 5.82 Å². The van der Waals surface area contributed by atoms with Crippen LogP contribution in [0.1, 0.15) is 11.4 Å². The largest absolute Gasteiger partial charge is 0.416 e. The maximum Gasteiger partial charge on any atom is 0.416 e. The van der Waals surface area contributed by atoms with E-state index in [0.29, 0.717) is 18.8 Å². The summed E-state index contributed by atoms with van der Waals surface area (Å²) in [7, 11) is 0. The molecule has 0 aliphatic carbocycles. The summed E-state index contributed by atoms with van der Waals surface area (Å²) >= 11 is 0. The molecule has 0 aliphatic rings. The van der Waals surface area contributed by atoms with Gasteiger partial charge in [0.05, 0.1) is 5.56 Å². The molecule has 0 bridgehead atoms. The van der Waals surface area contributed by atoms with Crippen LogP contribution in [-0.2, 0) is 12.6 Å². The number of hydrogen-bond donors (Lipinski definition) is 3. The van der Waals surface area contributed by atoms with E-state index in [1.54, 1.807) is 0 Å². The molecule has 0 aromatic carbocycles. The van der Waals surface area contributed by atoms with Crippen molar-refractivity contribution in [1.82, 2.24) is 20.2 Å². The van der Waals surface area contributed by atoms with Crippen molar-refractivity contribution < 1.29 is 13.2 Å². The van der Waals surface area contributed by atoms with Gasteiger partial charge in [-0.1, -0.05) is 0 Å². The summed E-state index contributed by atoms with van der Waals surface area (Å²) in [4.78, 5) is 17.0. The normalized spacial score (nSPS) is 11.5. The number of anilines is 1. The smallest absolute Gasteiger partial charge is 0.370 e. The minimum Gasteiger partial charge on any atom is -0.370 e. The molecule has 19 heavy (non-hydrogen) atoms. The first-order valence-corrected chi connectivity index (χ1v) is 5.36. The zero-order chi connectivity index (χ0) is 13.9. The predicted molar refractivity (Wildman–Crippen MR) is 60.6 cm³/mol. The van der Waals surface area contributed by atoms with Crippen LogP contribution in [0.5, 0.6) is 0 Å². The maximum absolute atomic E-state index is 12.4. The molecule has 2 aromatic rings. The molecule has 0 saturated carbocycles. The Morgan fingerprint density at radius 3 is 2.79 bits per heavy atom. The number of hydrogen-bond acceptors (Lipinski definition) is 4. The number of nitrogens with zero attached hydrogens (tertiary/aromatic N) is 2. The fourth-order valence-electron chi connectivity index (χ4n) is 1.44. The fourth-order valence-corrected chi connectivity index (χ4v) is 1.44. The summed E-state index contributed by atoms with van der Waals surface area (Å²) in [6.07, 6.45) is -2.95. The number of aromatic amines is 2. The standard InChI is InChI=1S/C10H10F3N5O/c11-10(12,13)6-1-3-14-8(5-6)15-4-2-7-16-9(19)18-17-7/h1,3,5H,2,4H2,(H,14,15)(H2,16,17,18,19). The van der Waals surface area contributed by atoms with E-state index in [2.05, 4.69) is 25.5 Å². The van der Waals surface area contributed by atoms with Gasteiger partial charge in [-0.15, -0.1) is 0 Å². The molecule has 0 unspecified atom stereocenters. The van der Waals surface area contributed by atoms with Crippen LogP contribution >= 0.6 is 0 Å². The highest BCUT2D eigenvalue weighted by Gasteiger charge is 2.30. The van der Waals surface area contributed by atoms with E-state index >= 15 is 0 Å². The quantitative estimate of drug-likeness (QED) is 0.780. The molecule has 3 N–H and O–H groups in total. The first-order chi connectivity index (χ1) is 8.95. The maximum atomic E-state index is 12.4. The lowest BCUT2D eigenvalue weighted by molar-refractivity contribution is -0.137. The van der Waals surface area contributed by atoms with Gasteiger partial charge in [-0.05, 0) is 12.1 Å². The van der Waals surface area contributed by atoms with Crippen LogP contribution in [0.2, 0.25) is 0 Å². The van der Waals surface area contributed by atoms with Gasteiger partial charge in [0.1, 0.15) is 11.6 Å². The molecule has 9 heteroatoms. The number of alkyl halides is 3. The zero-order valence-electron chi connectivity index (χ0n) is 9.58. The average Bonchev–Trinajstić information content (AvgIpc) is 2.74. The molecule has 0 spiro atoms. The van der Waals surface area contributed by atoms with E-state index in [1.165, 1.54) is 0 Å². The number of H-pyrrole nitrogens is 2. The van der Waals surface area contributed by atoms with Gasteiger partial charge in [0.25, 0.3) is 0 Å². The summed E-state index contributed by atoms with van der Waals surface area (Å²) in [5.41, 5.74) is -1.19. The Kier molecular flexibility index (Phi) is 3.54. The van der Waals surface area contributed by atoms with Crippen LogP contribution in [0.15, 0.2) is 23.1 Å². The van der Waals surface area contributed by atoms with Crippen molar-refractivity contribution in [1.29, 1.82) is 0 Å². The Morgan fingerprint density at radius 2 is 2.16 bits per heavy atom. The Labute approximate surface area is 105 Å². The molecular weight excluding hydrogens is 263 g/mol. The van der Waals surface area contributed by atoms with Crippen LogP contribution in [0.3, 0.4) is 0 Å². The van der Waals surface area contributed by atoms with Gasteiger partial charge in [0.15, 0.2) is 0 Å². The molecule has 2 aromatic heterocycles. The highest BCUT2D eigenvalue weighted by Crippen LogP contribution is 2.29. The van der Waals surface area contributed by atoms with E-state index < -0.39 is 17.4 Å². The molecule has 0 aliphatic heterocycles. The first kappa shape index (κ1) is 13.1. The molecule has 2 rings (SSSR count). The Hall–Kier alpha value is -2.32. The van der Waals surface area contributed by atoms with Gasteiger partial charge in [-0.2, -0.15) is 18.3 Å². The SMILES string of the molecule is O=c1[nH]nc(CCNc2cc(C(F)(F)F)ccn2)[nH]1. The summed E-state index contributed by atoms with van der Waals surface area (Å²) in [6.45, 7) is 0.301. The minimum atomic E-state index is -4.40. The van der Waals surface area contributed by atoms with Gasteiger partial charge in [0, 0.05) is 19.2 Å². The lowest BCUT2D eigenvalue weighted by atomic mass is 10.2. The van der Waals surface area contributed by atoms with Gasteiger partial charge < -0.3 is 5.32 Å². The molecule has 6 nitrogen and oxygen atoms in total. The predicted octanol–water partition coefficient (Wildman–Crippen LogP) is 1.17. The Bertz CT molecular complexity index is 603. The van der Waals surface area contributed by atoms with Gasteiger partial charge >= 0.3 is 11.9 Å². The molecular formula is C10H10F3N5O. The second kappa shape index (κ2) is 5.12. The monoisotopic (exact) mass is 273 g/mol. The van der Waals surface area contributed by atoms with Crippen LogP contribution in [0.25, 0.3) is 0 Å². The summed E-state index contributed by atoms with van der Waals surface area (Å²) in [5.74, 6) is 0.539. The van der Waals surface area contributed by atoms with Crippen molar-refractivity contribution in [3.05, 3.63) is 40.2 Å². The second-order valence-corrected chi connectivity index (χ2v) is 3.73.